The number of hydrogen-bond donors (Lipinski definition) is 0. The Balaban J connectivity index is 0.000000192. The highest BCUT2D eigenvalue weighted by molar-refractivity contribution is 7.99. The summed E-state index contributed by atoms with van der Waals surface area (Å²) in [6.45, 7) is 12.4. The Morgan fingerprint density at radius 2 is 2.11 bits per heavy atom. The third kappa shape index (κ3) is 4.43. The molecule has 2 heterocycles. The highest BCUT2D eigenvalue weighted by Crippen LogP contribution is 2.35. The average Bonchev–Trinajstić information content (AvgIpc) is 2.72. The molecule has 0 aromatic carbocycles. The molecule has 0 N–H and O–H groups in total. The van der Waals surface area contributed by atoms with Crippen molar-refractivity contribution in [3.8, 4) is 0 Å². The molecule has 1 aromatic rings. The molecule has 0 aliphatic carbocycles. The summed E-state index contributed by atoms with van der Waals surface area (Å²) in [4.78, 5) is 7.60. The minimum atomic E-state index is 1.06. The molecule has 1 aliphatic heterocycles. The minimum Gasteiger partial charge on any atom is -0.363 e. The zero-order valence-corrected chi connectivity index (χ0v) is 13.5. The van der Waals surface area contributed by atoms with Crippen LogP contribution < -0.4 is 4.90 Å². The number of nitrogens with zero attached hydrogens (tertiary/aromatic N) is 2. The smallest absolute Gasteiger partial charge is 0.0695 e. The molecule has 0 unspecified atom stereocenters. The first kappa shape index (κ1) is 15.8. The molecule has 0 fully saturated rings. The van der Waals surface area contributed by atoms with Crippen LogP contribution in [-0.2, 0) is 0 Å². The number of aromatic nitrogens is 1. The van der Waals surface area contributed by atoms with Gasteiger partial charge in [-0.1, -0.05) is 24.6 Å². The van der Waals surface area contributed by atoms with Gasteiger partial charge >= 0.3 is 0 Å². The Bertz CT molecular complexity index is 473. The van der Waals surface area contributed by atoms with Crippen LogP contribution in [0.4, 0.5) is 5.69 Å². The molecule has 0 radical (unpaired) electrons. The largest absolute Gasteiger partial charge is 0.363 e. The maximum absolute atomic E-state index is 4.05. The summed E-state index contributed by atoms with van der Waals surface area (Å²) < 4.78 is 0. The van der Waals surface area contributed by atoms with Crippen LogP contribution in [0.3, 0.4) is 0 Å². The molecular weight excluding hydrogens is 252 g/mol. The lowest BCUT2D eigenvalue weighted by atomic mass is 10.0. The number of pyridine rings is 1. The van der Waals surface area contributed by atoms with Crippen molar-refractivity contribution in [2.45, 2.75) is 39.0 Å². The standard InChI is InChI=1S/C9H16.C7H8N2S/c1-6-9(7(2)3)8(4)5;1-9-5-10-7-2-3-8-4-6(7)9/h2,6H2,1,3-5H3;2-4H,5H2,1H3. The van der Waals surface area contributed by atoms with Gasteiger partial charge in [0.05, 0.1) is 17.8 Å². The normalized spacial score (nSPS) is 12.4. The SMILES string of the molecule is C=C(C)C(CC)=C(C)C.CN1CSc2ccncc21. The average molecular weight is 276 g/mol. The van der Waals surface area contributed by atoms with Gasteiger partial charge in [-0.2, -0.15) is 0 Å². The summed E-state index contributed by atoms with van der Waals surface area (Å²) in [7, 11) is 2.08. The van der Waals surface area contributed by atoms with Crippen LogP contribution in [0.5, 0.6) is 0 Å². The predicted molar refractivity (Wildman–Crippen MR) is 86.8 cm³/mol. The van der Waals surface area contributed by atoms with Crippen molar-refractivity contribution in [1.82, 2.24) is 4.98 Å². The highest BCUT2D eigenvalue weighted by Gasteiger charge is 2.14. The Hall–Kier alpha value is -1.22. The van der Waals surface area contributed by atoms with E-state index in [0.717, 1.165) is 12.3 Å². The van der Waals surface area contributed by atoms with Crippen molar-refractivity contribution >= 4 is 17.4 Å². The van der Waals surface area contributed by atoms with E-state index in [-0.39, 0.29) is 0 Å². The maximum Gasteiger partial charge on any atom is 0.0695 e. The van der Waals surface area contributed by atoms with Gasteiger partial charge in [-0.3, -0.25) is 4.98 Å². The second-order valence-corrected chi connectivity index (χ2v) is 5.91. The number of anilines is 1. The number of rotatable bonds is 2. The summed E-state index contributed by atoms with van der Waals surface area (Å²) in [5.74, 6) is 1.06. The van der Waals surface area contributed by atoms with Gasteiger partial charge in [-0.15, -0.1) is 11.8 Å². The fraction of sp³-hybridized carbons (Fsp3) is 0.438. The van der Waals surface area contributed by atoms with E-state index in [1.807, 2.05) is 24.2 Å². The Morgan fingerprint density at radius 1 is 1.42 bits per heavy atom. The van der Waals surface area contributed by atoms with Gasteiger partial charge in [-0.05, 0) is 38.8 Å². The second kappa shape index (κ2) is 7.39. The molecule has 0 saturated heterocycles. The summed E-state index contributed by atoms with van der Waals surface area (Å²) in [5, 5.41) is 0. The van der Waals surface area contributed by atoms with Crippen molar-refractivity contribution in [2.75, 3.05) is 17.8 Å². The zero-order valence-electron chi connectivity index (χ0n) is 12.7. The van der Waals surface area contributed by atoms with E-state index in [0.29, 0.717) is 0 Å². The quantitative estimate of drug-likeness (QED) is 0.715. The van der Waals surface area contributed by atoms with Gasteiger partial charge in [0, 0.05) is 18.1 Å². The van der Waals surface area contributed by atoms with E-state index in [1.54, 1.807) is 0 Å². The molecular formula is C16H24N2S. The topological polar surface area (TPSA) is 16.1 Å². The van der Waals surface area contributed by atoms with Crippen LogP contribution in [0.1, 0.15) is 34.1 Å². The van der Waals surface area contributed by atoms with Crippen LogP contribution >= 0.6 is 11.8 Å². The molecule has 104 valence electrons. The molecule has 0 atom stereocenters. The third-order valence-corrected chi connectivity index (χ3v) is 4.23. The minimum absolute atomic E-state index is 1.06. The van der Waals surface area contributed by atoms with Gasteiger partial charge in [0.1, 0.15) is 0 Å². The highest BCUT2D eigenvalue weighted by atomic mass is 32.2. The van der Waals surface area contributed by atoms with Gasteiger partial charge in [0.2, 0.25) is 0 Å². The van der Waals surface area contributed by atoms with E-state index < -0.39 is 0 Å². The van der Waals surface area contributed by atoms with Gasteiger partial charge < -0.3 is 4.90 Å². The molecule has 0 saturated carbocycles. The first-order valence-corrected chi connectivity index (χ1v) is 7.56. The van der Waals surface area contributed by atoms with E-state index >= 15 is 0 Å². The van der Waals surface area contributed by atoms with Crippen LogP contribution in [0, 0.1) is 0 Å². The van der Waals surface area contributed by atoms with Gasteiger partial charge in [0.15, 0.2) is 0 Å². The van der Waals surface area contributed by atoms with Crippen molar-refractivity contribution < 1.29 is 0 Å². The zero-order chi connectivity index (χ0) is 14.4. The Kier molecular flexibility index (Phi) is 6.16. The molecule has 19 heavy (non-hydrogen) atoms. The monoisotopic (exact) mass is 276 g/mol. The second-order valence-electron chi connectivity index (χ2n) is 4.93. The first-order valence-electron chi connectivity index (χ1n) is 6.57. The van der Waals surface area contributed by atoms with Crippen LogP contribution in [-0.4, -0.2) is 17.9 Å². The molecule has 1 aromatic heterocycles. The van der Waals surface area contributed by atoms with Crippen molar-refractivity contribution in [3.63, 3.8) is 0 Å². The predicted octanol–water partition coefficient (Wildman–Crippen LogP) is 4.89. The molecule has 2 nitrogen and oxygen atoms in total. The lowest BCUT2D eigenvalue weighted by Crippen LogP contribution is -2.10. The van der Waals surface area contributed by atoms with E-state index in [9.17, 15) is 0 Å². The number of hydrogen-bond acceptors (Lipinski definition) is 3. The summed E-state index contributed by atoms with van der Waals surface area (Å²) in [6, 6.07) is 2.06. The summed E-state index contributed by atoms with van der Waals surface area (Å²) >= 11 is 1.86. The molecule has 0 bridgehead atoms. The number of thioether (sulfide) groups is 1. The Morgan fingerprint density at radius 3 is 2.53 bits per heavy atom. The number of fused-ring (bicyclic) bond motifs is 1. The van der Waals surface area contributed by atoms with E-state index in [1.165, 1.54) is 27.3 Å². The van der Waals surface area contributed by atoms with Crippen LogP contribution in [0.15, 0.2) is 46.7 Å². The molecule has 2 rings (SSSR count). The van der Waals surface area contributed by atoms with Crippen LogP contribution in [0.25, 0.3) is 0 Å². The van der Waals surface area contributed by atoms with Crippen molar-refractivity contribution in [2.24, 2.45) is 0 Å². The lowest BCUT2D eigenvalue weighted by Gasteiger charge is -2.08. The van der Waals surface area contributed by atoms with Gasteiger partial charge in [-0.25, -0.2) is 0 Å². The van der Waals surface area contributed by atoms with Crippen molar-refractivity contribution in [1.29, 1.82) is 0 Å². The maximum atomic E-state index is 4.05. The van der Waals surface area contributed by atoms with Crippen LogP contribution in [0.2, 0.25) is 0 Å². The molecule has 0 spiro atoms. The van der Waals surface area contributed by atoms with Crippen molar-refractivity contribution in [3.05, 3.63) is 41.8 Å². The molecule has 0 amide bonds. The lowest BCUT2D eigenvalue weighted by molar-refractivity contribution is 1.06. The van der Waals surface area contributed by atoms with Gasteiger partial charge in [0.25, 0.3) is 0 Å². The Labute approximate surface area is 121 Å². The first-order chi connectivity index (χ1) is 8.97. The third-order valence-electron chi connectivity index (χ3n) is 3.06. The van der Waals surface area contributed by atoms with E-state index in [2.05, 4.69) is 57.3 Å². The molecule has 3 heteroatoms. The van der Waals surface area contributed by atoms with E-state index in [4.69, 9.17) is 0 Å². The molecule has 1 aliphatic rings. The summed E-state index contributed by atoms with van der Waals surface area (Å²) in [6.07, 6.45) is 4.86. The fourth-order valence-electron chi connectivity index (χ4n) is 2.10. The summed E-state index contributed by atoms with van der Waals surface area (Å²) in [5.41, 5.74) is 5.27. The fourth-order valence-corrected chi connectivity index (χ4v) is 3.09. The number of allylic oxidation sites excluding steroid dienone is 3.